The Hall–Kier alpha value is -2.33. The summed E-state index contributed by atoms with van der Waals surface area (Å²) in [6, 6.07) is 16.5. The van der Waals surface area contributed by atoms with Gasteiger partial charge in [0, 0.05) is 33.3 Å². The molecule has 0 saturated heterocycles. The summed E-state index contributed by atoms with van der Waals surface area (Å²) >= 11 is 3.53. The van der Waals surface area contributed by atoms with E-state index >= 15 is 0 Å². The molecule has 0 unspecified atom stereocenters. The first-order valence-corrected chi connectivity index (χ1v) is 9.51. The lowest BCUT2D eigenvalue weighted by Crippen LogP contribution is -2.00. The quantitative estimate of drug-likeness (QED) is 0.452. The molecule has 3 aromatic rings. The van der Waals surface area contributed by atoms with Crippen LogP contribution in [0.1, 0.15) is 29.4 Å². The zero-order valence-corrected chi connectivity index (χ0v) is 17.2. The molecular formula is C22H23BrN2O. The van der Waals surface area contributed by atoms with Gasteiger partial charge in [-0.25, -0.2) is 0 Å². The number of hydrogen-bond acceptors (Lipinski definition) is 2. The number of halogens is 1. The van der Waals surface area contributed by atoms with Crippen molar-refractivity contribution in [1.82, 2.24) is 4.57 Å². The van der Waals surface area contributed by atoms with Crippen molar-refractivity contribution in [2.75, 3.05) is 6.61 Å². The van der Waals surface area contributed by atoms with E-state index in [0.717, 1.165) is 27.2 Å². The van der Waals surface area contributed by atoms with Gasteiger partial charge in [0.1, 0.15) is 5.75 Å². The zero-order chi connectivity index (χ0) is 18.7. The van der Waals surface area contributed by atoms with Gasteiger partial charge in [-0.15, -0.1) is 0 Å². The molecule has 26 heavy (non-hydrogen) atoms. The molecule has 0 N–H and O–H groups in total. The second-order valence-electron chi connectivity index (χ2n) is 6.28. The molecule has 3 nitrogen and oxygen atoms in total. The first-order chi connectivity index (χ1) is 12.5. The largest absolute Gasteiger partial charge is 0.494 e. The van der Waals surface area contributed by atoms with Gasteiger partial charge in [-0.3, -0.25) is 4.99 Å². The summed E-state index contributed by atoms with van der Waals surface area (Å²) in [5, 5.41) is 0. The highest BCUT2D eigenvalue weighted by molar-refractivity contribution is 9.10. The topological polar surface area (TPSA) is 26.5 Å². The maximum Gasteiger partial charge on any atom is 0.119 e. The molecule has 3 rings (SSSR count). The Morgan fingerprint density at radius 1 is 1.04 bits per heavy atom. The van der Waals surface area contributed by atoms with Crippen LogP contribution >= 0.6 is 15.9 Å². The molecule has 1 aromatic heterocycles. The summed E-state index contributed by atoms with van der Waals surface area (Å²) < 4.78 is 8.88. The van der Waals surface area contributed by atoms with Crippen LogP contribution in [-0.4, -0.2) is 17.4 Å². The molecule has 2 aromatic carbocycles. The molecule has 134 valence electrons. The number of hydrogen-bond donors (Lipinski definition) is 0. The Morgan fingerprint density at radius 2 is 1.77 bits per heavy atom. The van der Waals surface area contributed by atoms with E-state index in [1.165, 1.54) is 17.0 Å². The van der Waals surface area contributed by atoms with Crippen LogP contribution in [0.5, 0.6) is 5.75 Å². The normalized spacial score (nSPS) is 11.3. The highest BCUT2D eigenvalue weighted by Crippen LogP contribution is 2.24. The van der Waals surface area contributed by atoms with Gasteiger partial charge in [-0.1, -0.05) is 15.9 Å². The molecule has 0 bridgehead atoms. The molecule has 0 aliphatic heterocycles. The Labute approximate surface area is 163 Å². The second-order valence-corrected chi connectivity index (χ2v) is 7.13. The standard InChI is InChI=1S/C22H23BrN2O/c1-5-26-21-9-7-20(8-10-21)25-16(3)13-18(17(25)4)14-24-19-6-11-22(23)15(2)12-19/h6-14H,5H2,1-4H3. The molecule has 0 radical (unpaired) electrons. The number of ether oxygens (including phenoxy) is 1. The Morgan fingerprint density at radius 3 is 2.42 bits per heavy atom. The zero-order valence-electron chi connectivity index (χ0n) is 15.6. The molecule has 0 spiro atoms. The molecule has 0 aliphatic rings. The number of aliphatic imine (C=N–C) groups is 1. The minimum atomic E-state index is 0.678. The van der Waals surface area contributed by atoms with E-state index in [4.69, 9.17) is 4.74 Å². The van der Waals surface area contributed by atoms with Crippen LogP contribution in [0.3, 0.4) is 0 Å². The van der Waals surface area contributed by atoms with Crippen LogP contribution < -0.4 is 4.74 Å². The smallest absolute Gasteiger partial charge is 0.119 e. The minimum Gasteiger partial charge on any atom is -0.494 e. The lowest BCUT2D eigenvalue weighted by molar-refractivity contribution is 0.340. The number of benzene rings is 2. The Kier molecular flexibility index (Phi) is 5.62. The number of aryl methyl sites for hydroxylation is 2. The van der Waals surface area contributed by atoms with Gasteiger partial charge in [-0.2, -0.15) is 0 Å². The average Bonchev–Trinajstić information content (AvgIpc) is 2.91. The third-order valence-corrected chi connectivity index (χ3v) is 5.26. The predicted octanol–water partition coefficient (Wildman–Crippen LogP) is 6.31. The van der Waals surface area contributed by atoms with Crippen LogP contribution in [0.4, 0.5) is 5.69 Å². The molecular weight excluding hydrogens is 388 g/mol. The van der Waals surface area contributed by atoms with Gasteiger partial charge in [0.15, 0.2) is 0 Å². The second kappa shape index (κ2) is 7.92. The van der Waals surface area contributed by atoms with E-state index in [9.17, 15) is 0 Å². The molecule has 1 heterocycles. The monoisotopic (exact) mass is 410 g/mol. The summed E-state index contributed by atoms with van der Waals surface area (Å²) in [4.78, 5) is 4.65. The van der Waals surface area contributed by atoms with Crippen LogP contribution in [0.15, 0.2) is 58.0 Å². The van der Waals surface area contributed by atoms with E-state index in [1.54, 1.807) is 0 Å². The average molecular weight is 411 g/mol. The summed E-state index contributed by atoms with van der Waals surface area (Å²) in [6.45, 7) is 8.98. The van der Waals surface area contributed by atoms with Crippen LogP contribution in [0.2, 0.25) is 0 Å². The molecule has 0 fully saturated rings. The number of nitrogens with zero attached hydrogens (tertiary/aromatic N) is 2. The van der Waals surface area contributed by atoms with Crippen molar-refractivity contribution in [2.45, 2.75) is 27.7 Å². The Bertz CT molecular complexity index is 940. The summed E-state index contributed by atoms with van der Waals surface area (Å²) in [7, 11) is 0. The van der Waals surface area contributed by atoms with Crippen LogP contribution in [0.25, 0.3) is 5.69 Å². The van der Waals surface area contributed by atoms with Gasteiger partial charge in [-0.05, 0) is 81.8 Å². The first-order valence-electron chi connectivity index (χ1n) is 8.72. The fourth-order valence-corrected chi connectivity index (χ4v) is 3.27. The van der Waals surface area contributed by atoms with Crippen molar-refractivity contribution >= 4 is 27.8 Å². The summed E-state index contributed by atoms with van der Waals surface area (Å²) in [5.74, 6) is 0.895. The lowest BCUT2D eigenvalue weighted by atomic mass is 10.2. The third kappa shape index (κ3) is 3.91. The van der Waals surface area contributed by atoms with E-state index in [-0.39, 0.29) is 0 Å². The van der Waals surface area contributed by atoms with Crippen LogP contribution in [-0.2, 0) is 0 Å². The molecule has 0 atom stereocenters. The fourth-order valence-electron chi connectivity index (χ4n) is 3.03. The number of aromatic nitrogens is 1. The van der Waals surface area contributed by atoms with Crippen molar-refractivity contribution < 1.29 is 4.74 Å². The van der Waals surface area contributed by atoms with Gasteiger partial charge in [0.2, 0.25) is 0 Å². The third-order valence-electron chi connectivity index (χ3n) is 4.37. The van der Waals surface area contributed by atoms with E-state index in [0.29, 0.717) is 6.61 Å². The molecule has 0 amide bonds. The van der Waals surface area contributed by atoms with Gasteiger partial charge in [0.05, 0.1) is 12.3 Å². The predicted molar refractivity (Wildman–Crippen MR) is 113 cm³/mol. The highest BCUT2D eigenvalue weighted by atomic mass is 79.9. The SMILES string of the molecule is CCOc1ccc(-n2c(C)cc(C=Nc3ccc(Br)c(C)c3)c2C)cc1. The maximum absolute atomic E-state index is 5.53. The van der Waals surface area contributed by atoms with Crippen molar-refractivity contribution in [3.63, 3.8) is 0 Å². The van der Waals surface area contributed by atoms with Crippen molar-refractivity contribution in [3.8, 4) is 11.4 Å². The van der Waals surface area contributed by atoms with Crippen LogP contribution in [0, 0.1) is 20.8 Å². The first kappa shape index (κ1) is 18.5. The van der Waals surface area contributed by atoms with E-state index < -0.39 is 0 Å². The van der Waals surface area contributed by atoms with Gasteiger partial charge >= 0.3 is 0 Å². The fraction of sp³-hybridized carbons (Fsp3) is 0.227. The highest BCUT2D eigenvalue weighted by Gasteiger charge is 2.09. The summed E-state index contributed by atoms with van der Waals surface area (Å²) in [5.41, 5.74) is 6.74. The molecule has 0 saturated carbocycles. The maximum atomic E-state index is 5.53. The lowest BCUT2D eigenvalue weighted by Gasteiger charge is -2.11. The number of rotatable bonds is 5. The van der Waals surface area contributed by atoms with E-state index in [2.05, 4.69) is 70.5 Å². The van der Waals surface area contributed by atoms with E-state index in [1.807, 2.05) is 37.4 Å². The molecule has 4 heteroatoms. The Balaban J connectivity index is 1.90. The van der Waals surface area contributed by atoms with Crippen molar-refractivity contribution in [3.05, 3.63) is 75.5 Å². The minimum absolute atomic E-state index is 0.678. The van der Waals surface area contributed by atoms with Crippen molar-refractivity contribution in [1.29, 1.82) is 0 Å². The van der Waals surface area contributed by atoms with Crippen molar-refractivity contribution in [2.24, 2.45) is 4.99 Å². The molecule has 0 aliphatic carbocycles. The van der Waals surface area contributed by atoms with Gasteiger partial charge < -0.3 is 9.30 Å². The van der Waals surface area contributed by atoms with Gasteiger partial charge in [0.25, 0.3) is 0 Å². The summed E-state index contributed by atoms with van der Waals surface area (Å²) in [6.07, 6.45) is 1.94.